The second kappa shape index (κ2) is 7.26. The predicted molar refractivity (Wildman–Crippen MR) is 83.9 cm³/mol. The molecule has 0 saturated heterocycles. The fourth-order valence-electron chi connectivity index (χ4n) is 2.23. The molecule has 0 spiro atoms. The molecule has 7 heteroatoms. The summed E-state index contributed by atoms with van der Waals surface area (Å²) < 4.78 is 4.93. The topological polar surface area (TPSA) is 112 Å². The lowest BCUT2D eigenvalue weighted by Gasteiger charge is -2.18. The van der Waals surface area contributed by atoms with Gasteiger partial charge in [-0.3, -0.25) is 4.79 Å². The van der Waals surface area contributed by atoms with Gasteiger partial charge in [-0.25, -0.2) is 4.79 Å². The van der Waals surface area contributed by atoms with Crippen LogP contribution < -0.4 is 5.32 Å². The van der Waals surface area contributed by atoms with Gasteiger partial charge < -0.3 is 25.3 Å². The molecule has 0 bridgehead atoms. The van der Waals surface area contributed by atoms with E-state index < -0.39 is 18.2 Å². The van der Waals surface area contributed by atoms with Gasteiger partial charge in [0.25, 0.3) is 0 Å². The number of aromatic nitrogens is 1. The molecule has 1 amide bonds. The third-order valence-corrected chi connectivity index (χ3v) is 3.41. The first kappa shape index (κ1) is 17.0. The number of ether oxygens (including phenoxy) is 1. The highest BCUT2D eigenvalue weighted by molar-refractivity contribution is 5.95. The maximum atomic E-state index is 11.7. The van der Waals surface area contributed by atoms with Crippen molar-refractivity contribution in [3.8, 4) is 0 Å². The number of esters is 1. The van der Waals surface area contributed by atoms with Crippen LogP contribution in [0.4, 0.5) is 0 Å². The third-order valence-electron chi connectivity index (χ3n) is 3.41. The highest BCUT2D eigenvalue weighted by Crippen LogP contribution is 2.23. The van der Waals surface area contributed by atoms with Gasteiger partial charge in [-0.2, -0.15) is 0 Å². The second-order valence-corrected chi connectivity index (χ2v) is 5.20. The first-order chi connectivity index (χ1) is 10.9. The van der Waals surface area contributed by atoms with E-state index >= 15 is 0 Å². The Hall–Kier alpha value is -2.38. The van der Waals surface area contributed by atoms with Crippen molar-refractivity contribution in [2.75, 3.05) is 13.2 Å². The molecule has 124 valence electrons. The van der Waals surface area contributed by atoms with Crippen molar-refractivity contribution in [1.29, 1.82) is 0 Å². The molecule has 2 unspecified atom stereocenters. The summed E-state index contributed by atoms with van der Waals surface area (Å²) in [6.45, 7) is 3.30. The van der Waals surface area contributed by atoms with E-state index in [0.717, 1.165) is 5.39 Å². The van der Waals surface area contributed by atoms with E-state index in [2.05, 4.69) is 10.3 Å². The predicted octanol–water partition coefficient (Wildman–Crippen LogP) is 0.875. The Morgan fingerprint density at radius 1 is 1.30 bits per heavy atom. The molecule has 0 aliphatic rings. The van der Waals surface area contributed by atoms with Gasteiger partial charge in [0.1, 0.15) is 17.9 Å². The van der Waals surface area contributed by atoms with Gasteiger partial charge in [-0.05, 0) is 24.6 Å². The highest BCUT2D eigenvalue weighted by Gasteiger charge is 2.19. The first-order valence-electron chi connectivity index (χ1n) is 7.32. The maximum Gasteiger partial charge on any atom is 0.354 e. The van der Waals surface area contributed by atoms with Crippen molar-refractivity contribution in [2.45, 2.75) is 26.1 Å². The molecule has 7 nitrogen and oxygen atoms in total. The summed E-state index contributed by atoms with van der Waals surface area (Å²) in [7, 11) is 0. The minimum atomic E-state index is -1.15. The summed E-state index contributed by atoms with van der Waals surface area (Å²) in [6, 6.07) is 6.71. The smallest absolute Gasteiger partial charge is 0.354 e. The quantitative estimate of drug-likeness (QED) is 0.590. The van der Waals surface area contributed by atoms with E-state index in [1.54, 1.807) is 31.2 Å². The van der Waals surface area contributed by atoms with Gasteiger partial charge in [0.15, 0.2) is 0 Å². The number of hydrogen-bond acceptors (Lipinski definition) is 5. The average Bonchev–Trinajstić information content (AvgIpc) is 2.95. The van der Waals surface area contributed by atoms with Gasteiger partial charge in [-0.15, -0.1) is 0 Å². The lowest BCUT2D eigenvalue weighted by Crippen LogP contribution is -2.34. The number of rotatable bonds is 6. The monoisotopic (exact) mass is 320 g/mol. The summed E-state index contributed by atoms with van der Waals surface area (Å²) in [6.07, 6.45) is -2.28. The Morgan fingerprint density at radius 2 is 2.04 bits per heavy atom. The van der Waals surface area contributed by atoms with Crippen molar-refractivity contribution in [1.82, 2.24) is 10.3 Å². The molecular weight excluding hydrogens is 300 g/mol. The minimum Gasteiger partial charge on any atom is -0.461 e. The molecule has 1 aromatic heterocycles. The number of carbonyl (C=O) groups is 2. The number of amides is 1. The van der Waals surface area contributed by atoms with Gasteiger partial charge in [0, 0.05) is 24.4 Å². The fourth-order valence-corrected chi connectivity index (χ4v) is 2.23. The van der Waals surface area contributed by atoms with Crippen LogP contribution in [-0.4, -0.2) is 46.3 Å². The lowest BCUT2D eigenvalue weighted by atomic mass is 10.0. The van der Waals surface area contributed by atoms with Crippen molar-refractivity contribution < 1.29 is 24.5 Å². The van der Waals surface area contributed by atoms with Gasteiger partial charge in [0.2, 0.25) is 5.91 Å². The first-order valence-corrected chi connectivity index (χ1v) is 7.32. The van der Waals surface area contributed by atoms with Crippen LogP contribution in [0.1, 0.15) is 36.0 Å². The number of aromatic amines is 1. The second-order valence-electron chi connectivity index (χ2n) is 5.20. The van der Waals surface area contributed by atoms with Crippen molar-refractivity contribution in [3.63, 3.8) is 0 Å². The van der Waals surface area contributed by atoms with Crippen molar-refractivity contribution in [2.24, 2.45) is 0 Å². The number of hydrogen-bond donors (Lipinski definition) is 4. The Morgan fingerprint density at radius 3 is 2.70 bits per heavy atom. The van der Waals surface area contributed by atoms with Crippen LogP contribution in [0.3, 0.4) is 0 Å². The minimum absolute atomic E-state index is 0.0483. The van der Waals surface area contributed by atoms with E-state index in [0.29, 0.717) is 16.8 Å². The Balaban J connectivity index is 2.18. The molecule has 0 radical (unpaired) electrons. The van der Waals surface area contributed by atoms with Crippen LogP contribution in [0.15, 0.2) is 24.3 Å². The molecule has 23 heavy (non-hydrogen) atoms. The molecule has 0 fully saturated rings. The van der Waals surface area contributed by atoms with Crippen molar-refractivity contribution >= 4 is 22.8 Å². The standard InChI is InChI=1S/C16H20N2O5/c1-3-23-16(22)13-6-10-4-5-11(7-12(10)18-13)15(21)14(20)8-17-9(2)19/h4-7,14-15,18,20-21H,3,8H2,1-2H3,(H,17,19). The molecular formula is C16H20N2O5. The number of aliphatic hydroxyl groups excluding tert-OH is 2. The fraction of sp³-hybridized carbons (Fsp3) is 0.375. The van der Waals surface area contributed by atoms with Crippen LogP contribution >= 0.6 is 0 Å². The summed E-state index contributed by atoms with van der Waals surface area (Å²) in [5.74, 6) is -0.730. The Bertz CT molecular complexity index is 710. The van der Waals surface area contributed by atoms with Crippen LogP contribution in [0.25, 0.3) is 10.9 Å². The van der Waals surface area contributed by atoms with Crippen LogP contribution in [0.5, 0.6) is 0 Å². The molecule has 2 atom stereocenters. The third kappa shape index (κ3) is 4.08. The number of aliphatic hydroxyl groups is 2. The summed E-state index contributed by atoms with van der Waals surface area (Å²) in [5, 5.41) is 23.3. The summed E-state index contributed by atoms with van der Waals surface area (Å²) in [5.41, 5.74) is 1.45. The number of fused-ring (bicyclic) bond motifs is 1. The zero-order valence-electron chi connectivity index (χ0n) is 13.0. The molecule has 0 aliphatic heterocycles. The number of nitrogens with one attached hydrogen (secondary N) is 2. The molecule has 2 rings (SSSR count). The van der Waals surface area contributed by atoms with Crippen LogP contribution in [0.2, 0.25) is 0 Å². The lowest BCUT2D eigenvalue weighted by molar-refractivity contribution is -0.119. The van der Waals surface area contributed by atoms with Crippen molar-refractivity contribution in [3.05, 3.63) is 35.5 Å². The molecule has 2 aromatic rings. The van der Waals surface area contributed by atoms with E-state index in [1.165, 1.54) is 6.92 Å². The summed E-state index contributed by atoms with van der Waals surface area (Å²) in [4.78, 5) is 25.5. The maximum absolute atomic E-state index is 11.7. The molecule has 0 saturated carbocycles. The largest absolute Gasteiger partial charge is 0.461 e. The summed E-state index contributed by atoms with van der Waals surface area (Å²) >= 11 is 0. The van der Waals surface area contributed by atoms with Crippen LogP contribution in [-0.2, 0) is 9.53 Å². The van der Waals surface area contributed by atoms with Crippen LogP contribution in [0, 0.1) is 0 Å². The zero-order chi connectivity index (χ0) is 17.0. The highest BCUT2D eigenvalue weighted by atomic mass is 16.5. The van der Waals surface area contributed by atoms with E-state index in [1.807, 2.05) is 0 Å². The Labute approximate surface area is 133 Å². The van der Waals surface area contributed by atoms with Gasteiger partial charge >= 0.3 is 5.97 Å². The van der Waals surface area contributed by atoms with E-state index in [-0.39, 0.29) is 19.1 Å². The molecule has 1 heterocycles. The number of benzene rings is 1. The molecule has 1 aromatic carbocycles. The Kier molecular flexibility index (Phi) is 5.36. The van der Waals surface area contributed by atoms with Gasteiger partial charge in [0.05, 0.1) is 6.61 Å². The number of H-pyrrole nitrogens is 1. The molecule has 0 aliphatic carbocycles. The SMILES string of the molecule is CCOC(=O)c1cc2ccc(C(O)C(O)CNC(C)=O)cc2[nH]1. The average molecular weight is 320 g/mol. The molecule has 4 N–H and O–H groups in total. The van der Waals surface area contributed by atoms with Gasteiger partial charge in [-0.1, -0.05) is 12.1 Å². The normalized spacial score (nSPS) is 13.6. The zero-order valence-corrected chi connectivity index (χ0v) is 13.0. The van der Waals surface area contributed by atoms with E-state index in [9.17, 15) is 19.8 Å². The number of carbonyl (C=O) groups excluding carboxylic acids is 2. The van der Waals surface area contributed by atoms with E-state index in [4.69, 9.17) is 4.74 Å².